The van der Waals surface area contributed by atoms with Crippen LogP contribution < -0.4 is 15.4 Å². The Labute approximate surface area is 167 Å². The molecule has 0 radical (unpaired) electrons. The van der Waals surface area contributed by atoms with E-state index in [1.165, 1.54) is 24.0 Å². The molecule has 1 fully saturated rings. The van der Waals surface area contributed by atoms with Gasteiger partial charge in [-0.2, -0.15) is 0 Å². The molecule has 0 amide bonds. The van der Waals surface area contributed by atoms with E-state index in [1.807, 2.05) is 13.1 Å². The summed E-state index contributed by atoms with van der Waals surface area (Å²) in [4.78, 5) is 6.87. The van der Waals surface area contributed by atoms with Crippen LogP contribution in [-0.2, 0) is 12.8 Å². The van der Waals surface area contributed by atoms with E-state index in [1.54, 1.807) is 6.26 Å². The Bertz CT molecular complexity index is 782. The van der Waals surface area contributed by atoms with E-state index in [2.05, 4.69) is 44.8 Å². The maximum Gasteiger partial charge on any atom is 0.191 e. The zero-order valence-corrected chi connectivity index (χ0v) is 16.6. The maximum atomic E-state index is 5.70. The average Bonchev–Trinajstić information content (AvgIpc) is 3.49. The summed E-state index contributed by atoms with van der Waals surface area (Å²) in [5.41, 5.74) is 2.66. The number of hydrogen-bond donors (Lipinski definition) is 2. The van der Waals surface area contributed by atoms with Crippen molar-refractivity contribution in [3.05, 3.63) is 53.5 Å². The van der Waals surface area contributed by atoms with Gasteiger partial charge in [0.1, 0.15) is 11.5 Å². The molecule has 0 bridgehead atoms. The number of nitrogens with zero attached hydrogens (tertiary/aromatic N) is 2. The number of nitrogens with one attached hydrogen (secondary N) is 2. The van der Waals surface area contributed by atoms with E-state index < -0.39 is 0 Å². The number of rotatable bonds is 7. The number of aliphatic imine (C=N–C) groups is 1. The van der Waals surface area contributed by atoms with Gasteiger partial charge in [0.15, 0.2) is 5.96 Å². The summed E-state index contributed by atoms with van der Waals surface area (Å²) in [6, 6.07) is 10.8. The van der Waals surface area contributed by atoms with Crippen molar-refractivity contribution in [1.29, 1.82) is 0 Å². The Kier molecular flexibility index (Phi) is 6.17. The quantitative estimate of drug-likeness (QED) is 0.570. The van der Waals surface area contributed by atoms with Gasteiger partial charge in [-0.3, -0.25) is 9.89 Å². The summed E-state index contributed by atoms with van der Waals surface area (Å²) in [5, 5.41) is 6.92. The van der Waals surface area contributed by atoms with Crippen molar-refractivity contribution >= 4 is 5.96 Å². The highest BCUT2D eigenvalue weighted by Crippen LogP contribution is 2.26. The Hall–Kier alpha value is -2.47. The van der Waals surface area contributed by atoms with E-state index in [0.717, 1.165) is 63.1 Å². The molecule has 1 atom stereocenters. The number of likely N-dealkylation sites (tertiary alicyclic amines) is 1. The lowest BCUT2D eigenvalue weighted by Gasteiger charge is -2.26. The summed E-state index contributed by atoms with van der Waals surface area (Å²) >= 11 is 0. The Balaban J connectivity index is 1.28. The van der Waals surface area contributed by atoms with Crippen LogP contribution in [0.1, 0.15) is 35.8 Å². The highest BCUT2D eigenvalue weighted by Gasteiger charge is 2.25. The van der Waals surface area contributed by atoms with Gasteiger partial charge < -0.3 is 19.8 Å². The van der Waals surface area contributed by atoms with Gasteiger partial charge in [-0.15, -0.1) is 0 Å². The lowest BCUT2D eigenvalue weighted by atomic mass is 10.1. The smallest absolute Gasteiger partial charge is 0.191 e. The van der Waals surface area contributed by atoms with Gasteiger partial charge in [-0.1, -0.05) is 12.1 Å². The molecule has 1 aromatic carbocycles. The van der Waals surface area contributed by atoms with Gasteiger partial charge in [-0.25, -0.2) is 0 Å². The van der Waals surface area contributed by atoms with Crippen molar-refractivity contribution in [2.75, 3.05) is 39.8 Å². The number of guanidine groups is 1. The number of ether oxygens (including phenoxy) is 1. The standard InChI is InChI=1S/C22H30N4O2/c1-23-22(24-10-8-17-6-7-20-18(15-17)9-14-28-20)25-16-19(21-5-4-13-27-21)26-11-2-3-12-26/h4-7,13,15,19H,2-3,8-12,14,16H2,1H3,(H2,23,24,25). The monoisotopic (exact) mass is 382 g/mol. The lowest BCUT2D eigenvalue weighted by Crippen LogP contribution is -2.43. The van der Waals surface area contributed by atoms with E-state index in [0.29, 0.717) is 0 Å². The van der Waals surface area contributed by atoms with Crippen LogP contribution in [0.2, 0.25) is 0 Å². The molecule has 150 valence electrons. The van der Waals surface area contributed by atoms with Crippen LogP contribution in [0.4, 0.5) is 0 Å². The molecular weight excluding hydrogens is 352 g/mol. The van der Waals surface area contributed by atoms with Gasteiger partial charge >= 0.3 is 0 Å². The molecule has 2 aliphatic rings. The maximum absolute atomic E-state index is 5.70. The fourth-order valence-corrected chi connectivity index (χ4v) is 4.08. The van der Waals surface area contributed by atoms with Crippen molar-refractivity contribution in [2.24, 2.45) is 4.99 Å². The zero-order valence-electron chi connectivity index (χ0n) is 16.6. The van der Waals surface area contributed by atoms with Crippen LogP contribution in [0.25, 0.3) is 0 Å². The molecule has 0 aliphatic carbocycles. The molecule has 1 saturated heterocycles. The molecule has 1 aromatic heterocycles. The second-order valence-electron chi connectivity index (χ2n) is 7.44. The van der Waals surface area contributed by atoms with Gasteiger partial charge in [0.25, 0.3) is 0 Å². The van der Waals surface area contributed by atoms with E-state index >= 15 is 0 Å². The number of fused-ring (bicyclic) bond motifs is 1. The molecule has 2 aromatic rings. The fraction of sp³-hybridized carbons (Fsp3) is 0.500. The minimum Gasteiger partial charge on any atom is -0.493 e. The summed E-state index contributed by atoms with van der Waals surface area (Å²) in [7, 11) is 1.82. The second kappa shape index (κ2) is 9.15. The molecule has 2 N–H and O–H groups in total. The summed E-state index contributed by atoms with van der Waals surface area (Å²) < 4.78 is 11.3. The summed E-state index contributed by atoms with van der Waals surface area (Å²) in [6.07, 6.45) is 6.26. The van der Waals surface area contributed by atoms with Crippen molar-refractivity contribution < 1.29 is 9.15 Å². The molecular formula is C22H30N4O2. The number of furan rings is 1. The molecule has 4 rings (SSSR count). The SMILES string of the molecule is CN=C(NCCc1ccc2c(c1)CCO2)NCC(c1ccco1)N1CCCC1. The first-order valence-corrected chi connectivity index (χ1v) is 10.3. The van der Waals surface area contributed by atoms with Crippen LogP contribution in [0, 0.1) is 0 Å². The van der Waals surface area contributed by atoms with Crippen LogP contribution in [-0.4, -0.2) is 50.7 Å². The molecule has 3 heterocycles. The molecule has 0 saturated carbocycles. The van der Waals surface area contributed by atoms with E-state index in [-0.39, 0.29) is 6.04 Å². The number of benzene rings is 1. The molecule has 6 nitrogen and oxygen atoms in total. The van der Waals surface area contributed by atoms with E-state index in [9.17, 15) is 0 Å². The van der Waals surface area contributed by atoms with Gasteiger partial charge in [0.2, 0.25) is 0 Å². The van der Waals surface area contributed by atoms with Crippen LogP contribution in [0.3, 0.4) is 0 Å². The molecule has 28 heavy (non-hydrogen) atoms. The van der Waals surface area contributed by atoms with Crippen molar-refractivity contribution in [2.45, 2.75) is 31.7 Å². The predicted octanol–water partition coefficient (Wildman–Crippen LogP) is 2.76. The van der Waals surface area contributed by atoms with Gasteiger partial charge in [0, 0.05) is 26.6 Å². The van der Waals surface area contributed by atoms with Crippen LogP contribution >= 0.6 is 0 Å². The zero-order chi connectivity index (χ0) is 19.2. The van der Waals surface area contributed by atoms with Gasteiger partial charge in [0.05, 0.1) is 18.9 Å². The van der Waals surface area contributed by atoms with Gasteiger partial charge in [-0.05, 0) is 61.7 Å². The number of hydrogen-bond acceptors (Lipinski definition) is 4. The Morgan fingerprint density at radius 2 is 2.11 bits per heavy atom. The molecule has 0 spiro atoms. The topological polar surface area (TPSA) is 62.0 Å². The molecule has 6 heteroatoms. The average molecular weight is 383 g/mol. The predicted molar refractivity (Wildman–Crippen MR) is 111 cm³/mol. The first-order chi connectivity index (χ1) is 13.8. The Morgan fingerprint density at radius 1 is 1.21 bits per heavy atom. The Morgan fingerprint density at radius 3 is 2.89 bits per heavy atom. The highest BCUT2D eigenvalue weighted by atomic mass is 16.5. The van der Waals surface area contributed by atoms with Crippen molar-refractivity contribution in [1.82, 2.24) is 15.5 Å². The third-order valence-corrected chi connectivity index (χ3v) is 5.60. The summed E-state index contributed by atoms with van der Waals surface area (Å²) in [5.74, 6) is 2.89. The second-order valence-corrected chi connectivity index (χ2v) is 7.44. The van der Waals surface area contributed by atoms with Crippen LogP contribution in [0.5, 0.6) is 5.75 Å². The largest absolute Gasteiger partial charge is 0.493 e. The highest BCUT2D eigenvalue weighted by molar-refractivity contribution is 5.79. The lowest BCUT2D eigenvalue weighted by molar-refractivity contribution is 0.215. The fourth-order valence-electron chi connectivity index (χ4n) is 4.08. The minimum atomic E-state index is 0.243. The third-order valence-electron chi connectivity index (χ3n) is 5.60. The molecule has 1 unspecified atom stereocenters. The van der Waals surface area contributed by atoms with Crippen molar-refractivity contribution in [3.63, 3.8) is 0 Å². The molecule has 2 aliphatic heterocycles. The normalized spacial score (nSPS) is 18.0. The first-order valence-electron chi connectivity index (χ1n) is 10.3. The summed E-state index contributed by atoms with van der Waals surface area (Å²) in [6.45, 7) is 4.68. The van der Waals surface area contributed by atoms with E-state index in [4.69, 9.17) is 9.15 Å². The van der Waals surface area contributed by atoms with Crippen molar-refractivity contribution in [3.8, 4) is 5.75 Å². The third kappa shape index (κ3) is 4.50. The minimum absolute atomic E-state index is 0.243. The van der Waals surface area contributed by atoms with Crippen LogP contribution in [0.15, 0.2) is 46.0 Å². The first kappa shape index (κ1) is 18.9.